The highest BCUT2D eigenvalue weighted by molar-refractivity contribution is 6.32. The molecule has 1 atom stereocenters. The third-order valence-electron chi connectivity index (χ3n) is 3.65. The lowest BCUT2D eigenvalue weighted by molar-refractivity contribution is -0.149. The highest BCUT2D eigenvalue weighted by Gasteiger charge is 2.21. The normalized spacial score (nSPS) is 18.5. The lowest BCUT2D eigenvalue weighted by Crippen LogP contribution is -2.41. The molecule has 1 aliphatic heterocycles. The van der Waals surface area contributed by atoms with Crippen LogP contribution in [0.4, 0.5) is 0 Å². The van der Waals surface area contributed by atoms with E-state index in [9.17, 15) is 9.59 Å². The molecule has 0 radical (unpaired) electrons. The number of hydrogen-bond donors (Lipinski definition) is 0. The van der Waals surface area contributed by atoms with Crippen molar-refractivity contribution in [3.63, 3.8) is 0 Å². The van der Waals surface area contributed by atoms with Crippen LogP contribution in [-0.2, 0) is 14.3 Å². The van der Waals surface area contributed by atoms with E-state index < -0.39 is 5.97 Å². The Kier molecular flexibility index (Phi) is 6.01. The Morgan fingerprint density at radius 2 is 2.18 bits per heavy atom. The molecule has 2 rings (SSSR count). The van der Waals surface area contributed by atoms with Crippen LogP contribution in [0.15, 0.2) is 30.3 Å². The summed E-state index contributed by atoms with van der Waals surface area (Å²) in [6.45, 7) is 3.40. The second kappa shape index (κ2) is 7.99. The van der Waals surface area contributed by atoms with Crippen molar-refractivity contribution in [2.45, 2.75) is 19.8 Å². The number of piperidine rings is 1. The van der Waals surface area contributed by atoms with Gasteiger partial charge in [-0.25, -0.2) is 4.79 Å². The van der Waals surface area contributed by atoms with E-state index in [1.54, 1.807) is 23.1 Å². The molecular weight excluding hydrogens is 302 g/mol. The summed E-state index contributed by atoms with van der Waals surface area (Å²) in [6, 6.07) is 7.19. The van der Waals surface area contributed by atoms with Crippen molar-refractivity contribution >= 4 is 29.6 Å². The van der Waals surface area contributed by atoms with Crippen LogP contribution in [0.3, 0.4) is 0 Å². The zero-order valence-electron chi connectivity index (χ0n) is 12.6. The minimum atomic E-state index is -0.543. The first-order chi connectivity index (χ1) is 10.6. The van der Waals surface area contributed by atoms with Gasteiger partial charge >= 0.3 is 5.97 Å². The standard InChI is InChI=1S/C17H20ClNO3/c1-13-5-4-10-19(11-13)16(20)12-22-17(21)9-8-14-6-2-3-7-15(14)18/h2-3,6-9,13H,4-5,10-12H2,1H3/b9-8+. The molecule has 4 nitrogen and oxygen atoms in total. The molecule has 118 valence electrons. The van der Waals surface area contributed by atoms with Gasteiger partial charge in [-0.2, -0.15) is 0 Å². The highest BCUT2D eigenvalue weighted by Crippen LogP contribution is 2.17. The van der Waals surface area contributed by atoms with Gasteiger partial charge in [-0.1, -0.05) is 36.7 Å². The Labute approximate surface area is 135 Å². The van der Waals surface area contributed by atoms with E-state index in [2.05, 4.69) is 6.92 Å². The maximum Gasteiger partial charge on any atom is 0.331 e. The molecule has 0 aromatic heterocycles. The summed E-state index contributed by atoms with van der Waals surface area (Å²) >= 11 is 5.99. The molecule has 1 aromatic carbocycles. The lowest BCUT2D eigenvalue weighted by Gasteiger charge is -2.30. The highest BCUT2D eigenvalue weighted by atomic mass is 35.5. The van der Waals surface area contributed by atoms with Crippen molar-refractivity contribution in [2.24, 2.45) is 5.92 Å². The molecule has 0 saturated carbocycles. The van der Waals surface area contributed by atoms with Gasteiger partial charge in [0.05, 0.1) is 0 Å². The molecule has 1 saturated heterocycles. The van der Waals surface area contributed by atoms with Gasteiger partial charge in [0, 0.05) is 24.2 Å². The summed E-state index contributed by atoms with van der Waals surface area (Å²) in [4.78, 5) is 25.4. The van der Waals surface area contributed by atoms with E-state index >= 15 is 0 Å². The molecule has 0 N–H and O–H groups in total. The predicted molar refractivity (Wildman–Crippen MR) is 86.4 cm³/mol. The Morgan fingerprint density at radius 3 is 2.91 bits per heavy atom. The fraction of sp³-hybridized carbons (Fsp3) is 0.412. The first kappa shape index (κ1) is 16.6. The Morgan fingerprint density at radius 1 is 1.41 bits per heavy atom. The first-order valence-corrected chi connectivity index (χ1v) is 7.81. The monoisotopic (exact) mass is 321 g/mol. The molecule has 1 aliphatic rings. The zero-order valence-corrected chi connectivity index (χ0v) is 13.4. The number of halogens is 1. The number of amides is 1. The molecule has 0 aliphatic carbocycles. The van der Waals surface area contributed by atoms with Crippen LogP contribution in [0.25, 0.3) is 6.08 Å². The van der Waals surface area contributed by atoms with Gasteiger partial charge in [0.25, 0.3) is 5.91 Å². The molecule has 1 heterocycles. The average Bonchev–Trinajstić information content (AvgIpc) is 2.52. The molecule has 1 fully saturated rings. The van der Waals surface area contributed by atoms with Gasteiger partial charge in [-0.05, 0) is 36.5 Å². The number of nitrogens with zero attached hydrogens (tertiary/aromatic N) is 1. The maximum absolute atomic E-state index is 12.0. The number of esters is 1. The Bertz CT molecular complexity index is 571. The van der Waals surface area contributed by atoms with Crippen molar-refractivity contribution in [2.75, 3.05) is 19.7 Å². The van der Waals surface area contributed by atoms with Crippen LogP contribution in [-0.4, -0.2) is 36.5 Å². The second-order valence-corrected chi connectivity index (χ2v) is 5.96. The van der Waals surface area contributed by atoms with Crippen LogP contribution in [0.5, 0.6) is 0 Å². The van der Waals surface area contributed by atoms with Crippen LogP contribution < -0.4 is 0 Å². The number of carbonyl (C=O) groups is 2. The number of ether oxygens (including phenoxy) is 1. The van der Waals surface area contributed by atoms with Gasteiger partial charge in [0.15, 0.2) is 6.61 Å². The quantitative estimate of drug-likeness (QED) is 0.632. The van der Waals surface area contributed by atoms with Gasteiger partial charge in [-0.15, -0.1) is 0 Å². The number of hydrogen-bond acceptors (Lipinski definition) is 3. The molecule has 22 heavy (non-hydrogen) atoms. The molecule has 0 bridgehead atoms. The minimum absolute atomic E-state index is 0.133. The molecule has 1 amide bonds. The summed E-state index contributed by atoms with van der Waals surface area (Å²) in [5.41, 5.74) is 0.734. The van der Waals surface area contributed by atoms with E-state index in [-0.39, 0.29) is 12.5 Å². The van der Waals surface area contributed by atoms with Crippen molar-refractivity contribution in [3.8, 4) is 0 Å². The van der Waals surface area contributed by atoms with Crippen molar-refractivity contribution in [1.82, 2.24) is 4.90 Å². The van der Waals surface area contributed by atoms with Gasteiger partial charge in [0.1, 0.15) is 0 Å². The van der Waals surface area contributed by atoms with E-state index in [1.807, 2.05) is 12.1 Å². The minimum Gasteiger partial charge on any atom is -0.452 e. The Balaban J connectivity index is 1.80. The van der Waals surface area contributed by atoms with Gasteiger partial charge in [0.2, 0.25) is 0 Å². The van der Waals surface area contributed by atoms with Gasteiger partial charge in [-0.3, -0.25) is 4.79 Å². The van der Waals surface area contributed by atoms with Crippen LogP contribution in [0, 0.1) is 5.92 Å². The fourth-order valence-corrected chi connectivity index (χ4v) is 2.66. The largest absolute Gasteiger partial charge is 0.452 e. The molecule has 5 heteroatoms. The SMILES string of the molecule is CC1CCCN(C(=O)COC(=O)/C=C/c2ccccc2Cl)C1. The summed E-state index contributed by atoms with van der Waals surface area (Å²) in [5.74, 6) is -0.169. The predicted octanol–water partition coefficient (Wildman–Crippen LogP) is 3.15. The first-order valence-electron chi connectivity index (χ1n) is 7.43. The number of carbonyl (C=O) groups excluding carboxylic acids is 2. The number of benzene rings is 1. The summed E-state index contributed by atoms with van der Waals surface area (Å²) in [6.07, 6.45) is 5.02. The summed E-state index contributed by atoms with van der Waals surface area (Å²) in [7, 11) is 0. The van der Waals surface area contributed by atoms with Crippen LogP contribution in [0.1, 0.15) is 25.3 Å². The Hall–Kier alpha value is -1.81. The number of rotatable bonds is 4. The fourth-order valence-electron chi connectivity index (χ4n) is 2.46. The van der Waals surface area contributed by atoms with Crippen LogP contribution in [0.2, 0.25) is 5.02 Å². The summed E-state index contributed by atoms with van der Waals surface area (Å²) in [5, 5.41) is 0.560. The van der Waals surface area contributed by atoms with Crippen molar-refractivity contribution < 1.29 is 14.3 Å². The summed E-state index contributed by atoms with van der Waals surface area (Å²) < 4.78 is 4.99. The molecule has 0 spiro atoms. The third-order valence-corrected chi connectivity index (χ3v) is 4.00. The van der Waals surface area contributed by atoms with Crippen molar-refractivity contribution in [3.05, 3.63) is 40.9 Å². The topological polar surface area (TPSA) is 46.6 Å². The average molecular weight is 322 g/mol. The molecule has 1 aromatic rings. The van der Waals surface area contributed by atoms with Crippen LogP contribution >= 0.6 is 11.6 Å². The van der Waals surface area contributed by atoms with Crippen molar-refractivity contribution in [1.29, 1.82) is 0 Å². The number of likely N-dealkylation sites (tertiary alicyclic amines) is 1. The third kappa shape index (κ3) is 4.88. The van der Waals surface area contributed by atoms with E-state index in [0.29, 0.717) is 10.9 Å². The smallest absolute Gasteiger partial charge is 0.331 e. The second-order valence-electron chi connectivity index (χ2n) is 5.55. The lowest BCUT2D eigenvalue weighted by atomic mass is 10.0. The van der Waals surface area contributed by atoms with E-state index in [4.69, 9.17) is 16.3 Å². The maximum atomic E-state index is 12.0. The van der Waals surface area contributed by atoms with E-state index in [1.165, 1.54) is 6.08 Å². The van der Waals surface area contributed by atoms with Gasteiger partial charge < -0.3 is 9.64 Å². The zero-order chi connectivity index (χ0) is 15.9. The van der Waals surface area contributed by atoms with E-state index in [0.717, 1.165) is 31.5 Å². The molecule has 1 unspecified atom stereocenters. The molecular formula is C17H20ClNO3.